The molecule has 1 aliphatic heterocycles. The lowest BCUT2D eigenvalue weighted by Crippen LogP contribution is -2.31. The number of rotatable bonds is 8. The van der Waals surface area contributed by atoms with Crippen LogP contribution in [0.2, 0.25) is 5.28 Å². The van der Waals surface area contributed by atoms with Gasteiger partial charge in [-0.15, -0.1) is 5.10 Å². The Morgan fingerprint density at radius 1 is 1.30 bits per heavy atom. The second kappa shape index (κ2) is 9.44. The number of alkyl halides is 1. The van der Waals surface area contributed by atoms with E-state index in [9.17, 15) is 23.5 Å². The van der Waals surface area contributed by atoms with Crippen LogP contribution >= 0.6 is 26.8 Å². The summed E-state index contributed by atoms with van der Waals surface area (Å²) in [5, 5.41) is 17.4. The standard InChI is InChI=1S/C16H23ClFN5O8P2/c17-16-21-14(20-8-3-1-2-4-8)15-19-5-9(23(15)22-16)13-11(18)12(24)10(31-13)6-30-33(28,29)7-32(25,26)27/h5,8,10-13,24H,1-4,6-7H2,(H,28,29)(H,20,21,22)(H2,25,26,27)/t10-,11+,12-,13+/m1/s1. The number of halogens is 2. The Morgan fingerprint density at radius 3 is 2.67 bits per heavy atom. The van der Waals surface area contributed by atoms with E-state index >= 15 is 0 Å². The fraction of sp³-hybridized carbons (Fsp3) is 0.688. The third-order valence-corrected chi connectivity index (χ3v) is 9.09. The van der Waals surface area contributed by atoms with Crippen LogP contribution in [-0.4, -0.2) is 76.3 Å². The summed E-state index contributed by atoms with van der Waals surface area (Å²) >= 11 is 6.05. The van der Waals surface area contributed by atoms with Crippen molar-refractivity contribution in [3.63, 3.8) is 0 Å². The van der Waals surface area contributed by atoms with Crippen molar-refractivity contribution < 1.29 is 42.6 Å². The van der Waals surface area contributed by atoms with Gasteiger partial charge >= 0.3 is 15.2 Å². The van der Waals surface area contributed by atoms with Gasteiger partial charge < -0.3 is 34.4 Å². The van der Waals surface area contributed by atoms with Crippen LogP contribution in [0.4, 0.5) is 10.2 Å². The monoisotopic (exact) mass is 529 g/mol. The molecular formula is C16H23ClFN5O8P2. The van der Waals surface area contributed by atoms with Crippen molar-refractivity contribution in [2.24, 2.45) is 0 Å². The minimum atomic E-state index is -4.84. The van der Waals surface area contributed by atoms with Gasteiger partial charge in [-0.05, 0) is 24.4 Å². The molecule has 5 atom stereocenters. The molecule has 2 aromatic heterocycles. The highest BCUT2D eigenvalue weighted by molar-refractivity contribution is 7.70. The Balaban J connectivity index is 1.53. The van der Waals surface area contributed by atoms with Gasteiger partial charge in [0.05, 0.1) is 18.5 Å². The number of imidazole rings is 1. The van der Waals surface area contributed by atoms with E-state index in [0.717, 1.165) is 25.7 Å². The van der Waals surface area contributed by atoms with Gasteiger partial charge in [-0.25, -0.2) is 13.9 Å². The predicted octanol–water partition coefficient (Wildman–Crippen LogP) is 1.61. The van der Waals surface area contributed by atoms with E-state index < -0.39 is 52.2 Å². The molecule has 0 aromatic carbocycles. The summed E-state index contributed by atoms with van der Waals surface area (Å²) in [6, 6.07) is 0.197. The maximum absolute atomic E-state index is 14.9. The summed E-state index contributed by atoms with van der Waals surface area (Å²) in [6.07, 6.45) is -1.07. The zero-order valence-corrected chi connectivity index (χ0v) is 19.6. The van der Waals surface area contributed by atoms with Crippen LogP contribution < -0.4 is 5.32 Å². The van der Waals surface area contributed by atoms with E-state index in [0.29, 0.717) is 5.82 Å². The molecule has 2 aliphatic rings. The lowest BCUT2D eigenvalue weighted by atomic mass is 10.1. The molecule has 13 nitrogen and oxygen atoms in total. The smallest absolute Gasteiger partial charge is 0.340 e. The number of nitrogens with zero attached hydrogens (tertiary/aromatic N) is 4. The van der Waals surface area contributed by atoms with E-state index in [-0.39, 0.29) is 22.7 Å². The van der Waals surface area contributed by atoms with E-state index in [1.54, 1.807) is 0 Å². The summed E-state index contributed by atoms with van der Waals surface area (Å²) in [7, 11) is -9.54. The Bertz CT molecular complexity index is 1110. The molecule has 3 heterocycles. The van der Waals surface area contributed by atoms with Crippen molar-refractivity contribution >= 4 is 38.3 Å². The van der Waals surface area contributed by atoms with Gasteiger partial charge in [0.2, 0.25) is 5.28 Å². The molecule has 0 amide bonds. The predicted molar refractivity (Wildman–Crippen MR) is 113 cm³/mol. The van der Waals surface area contributed by atoms with Gasteiger partial charge in [0.25, 0.3) is 0 Å². The molecule has 1 saturated carbocycles. The topological polar surface area (TPSA) is 189 Å². The minimum absolute atomic E-state index is 0.116. The molecule has 1 saturated heterocycles. The highest BCUT2D eigenvalue weighted by Gasteiger charge is 2.47. The third-order valence-electron chi connectivity index (χ3n) is 5.47. The van der Waals surface area contributed by atoms with Gasteiger partial charge in [-0.1, -0.05) is 12.8 Å². The highest BCUT2D eigenvalue weighted by atomic mass is 35.5. The van der Waals surface area contributed by atoms with E-state index in [1.807, 2.05) is 0 Å². The summed E-state index contributed by atoms with van der Waals surface area (Å²) in [5.74, 6) is -1.04. The van der Waals surface area contributed by atoms with Gasteiger partial charge in [-0.3, -0.25) is 9.13 Å². The number of hydrogen-bond donors (Lipinski definition) is 5. The lowest BCUT2D eigenvalue weighted by molar-refractivity contribution is -0.0199. The Labute approximate surface area is 192 Å². The summed E-state index contributed by atoms with van der Waals surface area (Å²) < 4.78 is 49.1. The molecule has 184 valence electrons. The lowest BCUT2D eigenvalue weighted by Gasteiger charge is -2.18. The molecule has 2 aromatic rings. The highest BCUT2D eigenvalue weighted by Crippen LogP contribution is 2.55. The number of anilines is 1. The normalized spacial score (nSPS) is 28.4. The largest absolute Gasteiger partial charge is 0.387 e. The number of aliphatic hydroxyl groups is 1. The maximum Gasteiger partial charge on any atom is 0.340 e. The van der Waals surface area contributed by atoms with Gasteiger partial charge in [0.1, 0.15) is 18.3 Å². The first-order valence-corrected chi connectivity index (χ1v) is 14.0. The van der Waals surface area contributed by atoms with Gasteiger partial charge in [0.15, 0.2) is 23.5 Å². The van der Waals surface area contributed by atoms with Gasteiger partial charge in [0, 0.05) is 6.04 Å². The molecule has 33 heavy (non-hydrogen) atoms. The summed E-state index contributed by atoms with van der Waals surface area (Å²) in [5.41, 5.74) is 0.410. The number of hydrogen-bond acceptors (Lipinski definition) is 9. The molecule has 4 rings (SSSR count). The van der Waals surface area contributed by atoms with Crippen molar-refractivity contribution in [1.82, 2.24) is 19.6 Å². The first-order chi connectivity index (χ1) is 15.4. The average Bonchev–Trinajstić information content (AvgIpc) is 3.40. The maximum atomic E-state index is 14.9. The molecule has 1 unspecified atom stereocenters. The molecular weight excluding hydrogens is 507 g/mol. The van der Waals surface area contributed by atoms with E-state index in [2.05, 4.69) is 24.9 Å². The molecule has 2 fully saturated rings. The molecule has 0 radical (unpaired) electrons. The number of aromatic nitrogens is 4. The van der Waals surface area contributed by atoms with Crippen LogP contribution in [0.25, 0.3) is 5.65 Å². The van der Waals surface area contributed by atoms with Gasteiger partial charge in [-0.2, -0.15) is 4.98 Å². The van der Waals surface area contributed by atoms with Crippen molar-refractivity contribution in [2.75, 3.05) is 17.8 Å². The molecule has 5 N–H and O–H groups in total. The van der Waals surface area contributed by atoms with Crippen molar-refractivity contribution in [3.8, 4) is 0 Å². The Hall–Kier alpha value is -1.21. The fourth-order valence-corrected chi connectivity index (χ4v) is 6.72. The van der Waals surface area contributed by atoms with Crippen molar-refractivity contribution in [1.29, 1.82) is 0 Å². The second-order valence-corrected chi connectivity index (χ2v) is 12.4. The molecule has 0 spiro atoms. The van der Waals surface area contributed by atoms with Crippen LogP contribution in [0.15, 0.2) is 6.20 Å². The average molecular weight is 530 g/mol. The van der Waals surface area contributed by atoms with Crippen LogP contribution in [0.3, 0.4) is 0 Å². The zero-order chi connectivity index (χ0) is 24.0. The number of ether oxygens (including phenoxy) is 1. The van der Waals surface area contributed by atoms with E-state index in [4.69, 9.17) is 26.1 Å². The Kier molecular flexibility index (Phi) is 7.13. The SMILES string of the molecule is O=P(O)(O)CP(=O)(O)OC[C@H]1O[C@@H](c2cnc3c(NC4CCCC4)nc(Cl)nn23)[C@@H](F)[C@@H]1O. The molecule has 0 bridgehead atoms. The summed E-state index contributed by atoms with van der Waals surface area (Å²) in [4.78, 5) is 35.7. The first kappa shape index (κ1) is 24.9. The number of nitrogens with one attached hydrogen (secondary N) is 1. The number of aliphatic hydroxyl groups excluding tert-OH is 1. The van der Waals surface area contributed by atoms with Crippen LogP contribution in [-0.2, 0) is 18.4 Å². The third kappa shape index (κ3) is 5.72. The molecule has 17 heteroatoms. The van der Waals surface area contributed by atoms with E-state index in [1.165, 1.54) is 10.7 Å². The van der Waals surface area contributed by atoms with Crippen LogP contribution in [0, 0.1) is 0 Å². The quantitative estimate of drug-likeness (QED) is 0.311. The van der Waals surface area contributed by atoms with Crippen LogP contribution in [0.1, 0.15) is 37.5 Å². The molecule has 1 aliphatic carbocycles. The fourth-order valence-electron chi connectivity index (χ4n) is 3.99. The Morgan fingerprint density at radius 2 is 2.00 bits per heavy atom. The summed E-state index contributed by atoms with van der Waals surface area (Å²) in [6.45, 7) is -0.771. The number of fused-ring (bicyclic) bond motifs is 1. The van der Waals surface area contributed by atoms with Crippen LogP contribution in [0.5, 0.6) is 0 Å². The van der Waals surface area contributed by atoms with Crippen molar-refractivity contribution in [2.45, 2.75) is 56.2 Å². The minimum Gasteiger partial charge on any atom is -0.387 e. The second-order valence-electron chi connectivity index (χ2n) is 8.04. The first-order valence-electron chi connectivity index (χ1n) is 10.1. The zero-order valence-electron chi connectivity index (χ0n) is 17.1. The van der Waals surface area contributed by atoms with Crippen molar-refractivity contribution in [3.05, 3.63) is 17.2 Å².